The average Bonchev–Trinajstić information content (AvgIpc) is 2.39. The van der Waals surface area contributed by atoms with Crippen LogP contribution in [-0.4, -0.2) is 16.6 Å². The van der Waals surface area contributed by atoms with Crippen LogP contribution in [0.1, 0.15) is 13.8 Å². The van der Waals surface area contributed by atoms with Crippen molar-refractivity contribution in [2.45, 2.75) is 17.9 Å². The van der Waals surface area contributed by atoms with E-state index < -0.39 is 0 Å². The molecular formula is C7H14S2. The van der Waals surface area contributed by atoms with Crippen LogP contribution in [0.2, 0.25) is 0 Å². The summed E-state index contributed by atoms with van der Waals surface area (Å²) in [5.74, 6) is 1.84. The maximum atomic E-state index is 2.34. The summed E-state index contributed by atoms with van der Waals surface area (Å²) in [5.41, 5.74) is 0. The lowest BCUT2D eigenvalue weighted by Gasteiger charge is -2.08. The van der Waals surface area contributed by atoms with Gasteiger partial charge in [-0.1, -0.05) is 13.8 Å². The molecule has 2 atom stereocenters. The van der Waals surface area contributed by atoms with Gasteiger partial charge in [-0.15, -0.1) is 23.5 Å². The molecule has 0 N–H and O–H groups in total. The van der Waals surface area contributed by atoms with Crippen LogP contribution in [-0.2, 0) is 0 Å². The minimum absolute atomic E-state index is 0.583. The zero-order valence-electron chi connectivity index (χ0n) is 6.47. The van der Waals surface area contributed by atoms with Gasteiger partial charge in [-0.3, -0.25) is 0 Å². The Bertz CT molecular complexity index is 97.5. The molecule has 0 aromatic heterocycles. The van der Waals surface area contributed by atoms with Gasteiger partial charge < -0.3 is 0 Å². The molecule has 0 aromatic rings. The summed E-state index contributed by atoms with van der Waals surface area (Å²) in [6.07, 6.45) is 4.44. The van der Waals surface area contributed by atoms with E-state index in [2.05, 4.69) is 26.4 Å². The van der Waals surface area contributed by atoms with E-state index in [1.807, 2.05) is 23.5 Å². The molecule has 0 aromatic carbocycles. The number of hydrogen-bond acceptors (Lipinski definition) is 2. The van der Waals surface area contributed by atoms with Gasteiger partial charge in [-0.05, 0) is 24.3 Å². The first-order chi connectivity index (χ1) is 4.19. The Balaban J connectivity index is 2.54. The largest absolute Gasteiger partial charge is 0.147 e. The first-order valence-electron chi connectivity index (χ1n) is 3.29. The van der Waals surface area contributed by atoms with Crippen LogP contribution in [0.25, 0.3) is 0 Å². The summed E-state index contributed by atoms with van der Waals surface area (Å²) < 4.78 is 0.583. The second-order valence-electron chi connectivity index (χ2n) is 2.71. The lowest BCUT2D eigenvalue weighted by molar-refractivity contribution is 0.834. The van der Waals surface area contributed by atoms with E-state index >= 15 is 0 Å². The van der Waals surface area contributed by atoms with Crippen molar-refractivity contribution in [1.29, 1.82) is 0 Å². The minimum atomic E-state index is 0.583. The second-order valence-corrected chi connectivity index (χ2v) is 5.13. The van der Waals surface area contributed by atoms with Crippen LogP contribution in [0.4, 0.5) is 0 Å². The molecule has 0 aliphatic heterocycles. The molecule has 54 valence electrons. The molecule has 0 saturated heterocycles. The third-order valence-electron chi connectivity index (χ3n) is 2.55. The van der Waals surface area contributed by atoms with E-state index in [1.165, 1.54) is 0 Å². The van der Waals surface area contributed by atoms with E-state index in [9.17, 15) is 0 Å². The highest BCUT2D eigenvalue weighted by atomic mass is 32.2. The maximum absolute atomic E-state index is 2.34. The number of thioether (sulfide) groups is 2. The number of rotatable bonds is 2. The highest BCUT2D eigenvalue weighted by Gasteiger charge is 2.58. The molecule has 0 amide bonds. The van der Waals surface area contributed by atoms with Crippen molar-refractivity contribution >= 4 is 23.5 Å². The molecule has 0 heterocycles. The van der Waals surface area contributed by atoms with Gasteiger partial charge in [0.05, 0.1) is 4.08 Å². The van der Waals surface area contributed by atoms with Crippen LogP contribution in [0.3, 0.4) is 0 Å². The lowest BCUT2D eigenvalue weighted by atomic mass is 10.4. The van der Waals surface area contributed by atoms with Crippen LogP contribution < -0.4 is 0 Å². The monoisotopic (exact) mass is 162 g/mol. The predicted octanol–water partition coefficient (Wildman–Crippen LogP) is 2.69. The average molecular weight is 162 g/mol. The lowest BCUT2D eigenvalue weighted by Crippen LogP contribution is -1.97. The van der Waals surface area contributed by atoms with E-state index in [0.717, 1.165) is 11.8 Å². The van der Waals surface area contributed by atoms with Crippen molar-refractivity contribution in [2.75, 3.05) is 12.5 Å². The van der Waals surface area contributed by atoms with E-state index in [0.29, 0.717) is 4.08 Å². The fraction of sp³-hybridized carbons (Fsp3) is 1.00. The molecule has 0 nitrogen and oxygen atoms in total. The Labute approximate surface area is 66.2 Å². The van der Waals surface area contributed by atoms with Crippen LogP contribution >= 0.6 is 23.5 Å². The molecule has 1 rings (SSSR count). The van der Waals surface area contributed by atoms with Gasteiger partial charge >= 0.3 is 0 Å². The van der Waals surface area contributed by atoms with Gasteiger partial charge in [0.25, 0.3) is 0 Å². The molecule has 1 aliphatic rings. The topological polar surface area (TPSA) is 0 Å². The first kappa shape index (κ1) is 7.80. The Morgan fingerprint density at radius 1 is 1.00 bits per heavy atom. The first-order valence-corrected chi connectivity index (χ1v) is 5.74. The van der Waals surface area contributed by atoms with Gasteiger partial charge in [0.1, 0.15) is 0 Å². The summed E-state index contributed by atoms with van der Waals surface area (Å²) in [5, 5.41) is 0. The summed E-state index contributed by atoms with van der Waals surface area (Å²) in [7, 11) is 0. The minimum Gasteiger partial charge on any atom is -0.147 e. The van der Waals surface area contributed by atoms with Crippen molar-refractivity contribution in [2.24, 2.45) is 11.8 Å². The van der Waals surface area contributed by atoms with E-state index in [1.54, 1.807) is 0 Å². The second kappa shape index (κ2) is 2.39. The predicted molar refractivity (Wildman–Crippen MR) is 48.1 cm³/mol. The van der Waals surface area contributed by atoms with Crippen molar-refractivity contribution < 1.29 is 0 Å². The van der Waals surface area contributed by atoms with Gasteiger partial charge in [-0.2, -0.15) is 0 Å². The standard InChI is InChI=1S/C7H14S2/c1-5-6(2)7(5,8-3)9-4/h5-6H,1-4H3/t5-,6-/m0/s1. The summed E-state index contributed by atoms with van der Waals surface area (Å²) >= 11 is 4.03. The summed E-state index contributed by atoms with van der Waals surface area (Å²) in [6.45, 7) is 4.69. The fourth-order valence-corrected chi connectivity index (χ4v) is 4.36. The molecule has 0 unspecified atom stereocenters. The van der Waals surface area contributed by atoms with Crippen molar-refractivity contribution in [1.82, 2.24) is 0 Å². The third-order valence-corrected chi connectivity index (χ3v) is 6.31. The third kappa shape index (κ3) is 0.911. The molecule has 9 heavy (non-hydrogen) atoms. The molecule has 1 saturated carbocycles. The van der Waals surface area contributed by atoms with Gasteiger partial charge in [-0.25, -0.2) is 0 Å². The Kier molecular flexibility index (Phi) is 2.07. The highest BCUT2D eigenvalue weighted by molar-refractivity contribution is 8.18. The van der Waals surface area contributed by atoms with Crippen molar-refractivity contribution in [3.05, 3.63) is 0 Å². The zero-order chi connectivity index (χ0) is 7.07. The summed E-state index contributed by atoms with van der Waals surface area (Å²) in [6, 6.07) is 0. The normalized spacial score (nSPS) is 38.7. The van der Waals surface area contributed by atoms with Crippen LogP contribution in [0, 0.1) is 11.8 Å². The molecular weight excluding hydrogens is 148 g/mol. The maximum Gasteiger partial charge on any atom is 0.0662 e. The van der Waals surface area contributed by atoms with E-state index in [4.69, 9.17) is 0 Å². The molecule has 1 fully saturated rings. The zero-order valence-corrected chi connectivity index (χ0v) is 8.10. The molecule has 0 spiro atoms. The van der Waals surface area contributed by atoms with Crippen molar-refractivity contribution in [3.63, 3.8) is 0 Å². The fourth-order valence-electron chi connectivity index (χ4n) is 1.53. The summed E-state index contributed by atoms with van der Waals surface area (Å²) in [4.78, 5) is 0. The van der Waals surface area contributed by atoms with Gasteiger partial charge in [0, 0.05) is 0 Å². The van der Waals surface area contributed by atoms with Crippen LogP contribution in [0.15, 0.2) is 0 Å². The van der Waals surface area contributed by atoms with Gasteiger partial charge in [0.15, 0.2) is 0 Å². The van der Waals surface area contributed by atoms with Crippen LogP contribution in [0.5, 0.6) is 0 Å². The Morgan fingerprint density at radius 2 is 1.33 bits per heavy atom. The Morgan fingerprint density at radius 3 is 1.33 bits per heavy atom. The van der Waals surface area contributed by atoms with Crippen molar-refractivity contribution in [3.8, 4) is 0 Å². The SMILES string of the molecule is CSC1(SC)[C@@H](C)[C@@H]1C. The number of hydrogen-bond donors (Lipinski definition) is 0. The Hall–Kier alpha value is 0.700. The molecule has 0 radical (unpaired) electrons. The smallest absolute Gasteiger partial charge is 0.0662 e. The molecule has 2 heteroatoms. The highest BCUT2D eigenvalue weighted by Crippen LogP contribution is 2.64. The van der Waals surface area contributed by atoms with E-state index in [-0.39, 0.29) is 0 Å². The van der Waals surface area contributed by atoms with Gasteiger partial charge in [0.2, 0.25) is 0 Å². The quantitative estimate of drug-likeness (QED) is 0.573. The molecule has 0 bridgehead atoms. The molecule has 1 aliphatic carbocycles.